The molecule has 0 fully saturated rings. The molecule has 0 atom stereocenters. The maximum absolute atomic E-state index is 12.3. The van der Waals surface area contributed by atoms with Gasteiger partial charge in [-0.25, -0.2) is 4.79 Å². The molecule has 0 radical (unpaired) electrons. The zero-order valence-corrected chi connectivity index (χ0v) is 14.9. The van der Waals surface area contributed by atoms with Gasteiger partial charge in [-0.1, -0.05) is 50.2 Å². The van der Waals surface area contributed by atoms with Gasteiger partial charge in [0.1, 0.15) is 0 Å². The summed E-state index contributed by atoms with van der Waals surface area (Å²) in [6.07, 6.45) is 1.64. The fourth-order valence-electron chi connectivity index (χ4n) is 2.31. The Kier molecular flexibility index (Phi) is 5.41. The van der Waals surface area contributed by atoms with Gasteiger partial charge in [-0.05, 0) is 28.2 Å². The molecule has 2 aromatic rings. The quantitative estimate of drug-likeness (QED) is 0.401. The fraction of sp³-hybridized carbons (Fsp3) is 0.316. The first kappa shape index (κ1) is 18.4. The molecule has 0 unspecified atom stereocenters. The number of pyridine rings is 1. The minimum Gasteiger partial charge on any atom is -0.383 e. The van der Waals surface area contributed by atoms with E-state index < -0.39 is 5.97 Å². The molecule has 1 aromatic carbocycles. The number of benzene rings is 1. The molecule has 0 spiro atoms. The van der Waals surface area contributed by atoms with Crippen LogP contribution in [0.4, 0.5) is 0 Å². The molecule has 25 heavy (non-hydrogen) atoms. The smallest absolute Gasteiger partial charge is 0.332 e. The van der Waals surface area contributed by atoms with Crippen molar-refractivity contribution in [1.29, 1.82) is 0 Å². The molecule has 6 heteroatoms. The normalized spacial score (nSPS) is 12.1. The highest BCUT2D eigenvalue weighted by atomic mass is 16.7. The van der Waals surface area contributed by atoms with Crippen LogP contribution in [-0.4, -0.2) is 16.4 Å². The molecule has 0 aliphatic heterocycles. The number of oxime groups is 1. The molecule has 0 aliphatic carbocycles. The van der Waals surface area contributed by atoms with Gasteiger partial charge in [-0.15, -0.1) is 0 Å². The first-order chi connectivity index (χ1) is 11.7. The van der Waals surface area contributed by atoms with Gasteiger partial charge in [0.15, 0.2) is 5.84 Å². The Morgan fingerprint density at radius 1 is 1.16 bits per heavy atom. The van der Waals surface area contributed by atoms with Crippen LogP contribution in [0.15, 0.2) is 52.5 Å². The second kappa shape index (κ2) is 7.34. The lowest BCUT2D eigenvalue weighted by atomic mass is 9.86. The van der Waals surface area contributed by atoms with Gasteiger partial charge in [0.05, 0.1) is 6.54 Å². The molecule has 2 rings (SSSR count). The van der Waals surface area contributed by atoms with Crippen molar-refractivity contribution in [2.24, 2.45) is 10.9 Å². The molecular formula is C19H23N3O3. The Balaban J connectivity index is 2.20. The van der Waals surface area contributed by atoms with Gasteiger partial charge in [-0.3, -0.25) is 4.79 Å². The van der Waals surface area contributed by atoms with Crippen LogP contribution in [0.25, 0.3) is 11.1 Å². The number of nitrogens with zero attached hydrogens (tertiary/aromatic N) is 2. The second-order valence-electron chi connectivity index (χ2n) is 6.87. The number of nitrogens with two attached hydrogens (primary N) is 1. The Hall–Kier alpha value is -2.89. The molecular weight excluding hydrogens is 318 g/mol. The highest BCUT2D eigenvalue weighted by molar-refractivity contribution is 5.80. The van der Waals surface area contributed by atoms with E-state index in [1.165, 1.54) is 17.1 Å². The zero-order chi connectivity index (χ0) is 18.6. The Bertz CT molecular complexity index is 843. The van der Waals surface area contributed by atoms with E-state index in [0.29, 0.717) is 0 Å². The minimum atomic E-state index is -0.565. The maximum atomic E-state index is 12.3. The minimum absolute atomic E-state index is 0.0413. The van der Waals surface area contributed by atoms with E-state index >= 15 is 0 Å². The van der Waals surface area contributed by atoms with Gasteiger partial charge in [0, 0.05) is 19.2 Å². The Morgan fingerprint density at radius 2 is 1.80 bits per heavy atom. The lowest BCUT2D eigenvalue weighted by Gasteiger charge is -2.19. The van der Waals surface area contributed by atoms with Crippen LogP contribution < -0.4 is 11.3 Å². The van der Waals surface area contributed by atoms with Crippen LogP contribution in [0.5, 0.6) is 0 Å². The number of rotatable bonds is 4. The van der Waals surface area contributed by atoms with Crippen molar-refractivity contribution in [3.05, 3.63) is 58.5 Å². The highest BCUT2D eigenvalue weighted by Crippen LogP contribution is 2.25. The van der Waals surface area contributed by atoms with Crippen molar-refractivity contribution < 1.29 is 9.63 Å². The van der Waals surface area contributed by atoms with Crippen molar-refractivity contribution in [1.82, 2.24) is 4.57 Å². The second-order valence-corrected chi connectivity index (χ2v) is 6.87. The number of carbonyl (C=O) groups excluding carboxylic acids is 1. The molecule has 0 saturated heterocycles. The van der Waals surface area contributed by atoms with Gasteiger partial charge in [0.2, 0.25) is 0 Å². The van der Waals surface area contributed by atoms with E-state index in [2.05, 4.69) is 42.9 Å². The van der Waals surface area contributed by atoms with Crippen molar-refractivity contribution in [3.63, 3.8) is 0 Å². The third-order valence-electron chi connectivity index (χ3n) is 3.70. The monoisotopic (exact) mass is 341 g/mol. The maximum Gasteiger partial charge on any atom is 0.332 e. The number of hydrogen-bond acceptors (Lipinski definition) is 4. The van der Waals surface area contributed by atoms with E-state index in [4.69, 9.17) is 5.73 Å². The summed E-state index contributed by atoms with van der Waals surface area (Å²) in [6, 6.07) is 11.6. The van der Waals surface area contributed by atoms with E-state index in [1.54, 1.807) is 12.3 Å². The fourth-order valence-corrected chi connectivity index (χ4v) is 2.31. The van der Waals surface area contributed by atoms with Crippen molar-refractivity contribution in [2.45, 2.75) is 39.7 Å². The summed E-state index contributed by atoms with van der Waals surface area (Å²) in [5, 5.41) is 3.46. The van der Waals surface area contributed by atoms with Crippen LogP contribution in [0.1, 0.15) is 33.3 Å². The first-order valence-electron chi connectivity index (χ1n) is 7.98. The number of amidine groups is 1. The Morgan fingerprint density at radius 3 is 2.32 bits per heavy atom. The van der Waals surface area contributed by atoms with Gasteiger partial charge in [-0.2, -0.15) is 0 Å². The molecule has 0 bridgehead atoms. The molecule has 132 valence electrons. The summed E-state index contributed by atoms with van der Waals surface area (Å²) < 4.78 is 1.40. The molecule has 2 N–H and O–H groups in total. The Labute approximate surface area is 146 Å². The first-order valence-corrected chi connectivity index (χ1v) is 7.98. The predicted octanol–water partition coefficient (Wildman–Crippen LogP) is 2.65. The molecule has 0 amide bonds. The summed E-state index contributed by atoms with van der Waals surface area (Å²) in [5.41, 5.74) is 8.55. The predicted molar refractivity (Wildman–Crippen MR) is 98.2 cm³/mol. The third kappa shape index (κ3) is 5.04. The zero-order valence-electron chi connectivity index (χ0n) is 14.9. The summed E-state index contributed by atoms with van der Waals surface area (Å²) in [4.78, 5) is 27.4. The molecule has 6 nitrogen and oxygen atoms in total. The molecule has 1 heterocycles. The lowest BCUT2D eigenvalue weighted by molar-refractivity contribution is -0.140. The van der Waals surface area contributed by atoms with E-state index in [9.17, 15) is 9.59 Å². The number of aromatic nitrogens is 1. The van der Waals surface area contributed by atoms with Gasteiger partial charge < -0.3 is 15.1 Å². The van der Waals surface area contributed by atoms with Crippen LogP contribution in [-0.2, 0) is 21.6 Å². The van der Waals surface area contributed by atoms with E-state index in [1.807, 2.05) is 18.2 Å². The summed E-state index contributed by atoms with van der Waals surface area (Å²) in [6.45, 7) is 7.75. The van der Waals surface area contributed by atoms with E-state index in [0.717, 1.165) is 11.1 Å². The van der Waals surface area contributed by atoms with Gasteiger partial charge in [0.25, 0.3) is 5.56 Å². The lowest BCUT2D eigenvalue weighted by Crippen LogP contribution is -2.27. The highest BCUT2D eigenvalue weighted by Gasteiger charge is 2.13. The standard InChI is InChI=1S/C19H23N3O3/c1-13(23)25-21-17(20)12-22-10-9-15(11-18(22)24)14-5-7-16(8-6-14)19(2,3)4/h5-11H,12H2,1-4H3,(H2,20,21). The summed E-state index contributed by atoms with van der Waals surface area (Å²) in [7, 11) is 0. The van der Waals surface area contributed by atoms with Crippen molar-refractivity contribution >= 4 is 11.8 Å². The average Bonchev–Trinajstić information content (AvgIpc) is 2.54. The SMILES string of the molecule is CC(=O)O/N=C(/N)Cn1ccc(-c2ccc(C(C)(C)C)cc2)cc1=O. The molecule has 1 aromatic heterocycles. The topological polar surface area (TPSA) is 86.7 Å². The van der Waals surface area contributed by atoms with E-state index in [-0.39, 0.29) is 23.4 Å². The summed E-state index contributed by atoms with van der Waals surface area (Å²) in [5.74, 6) is -0.524. The van der Waals surface area contributed by atoms with Crippen molar-refractivity contribution in [2.75, 3.05) is 0 Å². The number of carbonyl (C=O) groups is 1. The van der Waals surface area contributed by atoms with Crippen molar-refractivity contribution in [3.8, 4) is 11.1 Å². The third-order valence-corrected chi connectivity index (χ3v) is 3.70. The van der Waals surface area contributed by atoms with Crippen LogP contribution in [0.2, 0.25) is 0 Å². The number of hydrogen-bond donors (Lipinski definition) is 1. The van der Waals surface area contributed by atoms with Crippen LogP contribution >= 0.6 is 0 Å². The summed E-state index contributed by atoms with van der Waals surface area (Å²) >= 11 is 0. The largest absolute Gasteiger partial charge is 0.383 e. The average molecular weight is 341 g/mol. The molecule has 0 aliphatic rings. The van der Waals surface area contributed by atoms with Gasteiger partial charge >= 0.3 is 5.97 Å². The van der Waals surface area contributed by atoms with Crippen LogP contribution in [0.3, 0.4) is 0 Å². The molecule has 0 saturated carbocycles. The van der Waals surface area contributed by atoms with Crippen LogP contribution in [0, 0.1) is 0 Å².